The second-order valence-corrected chi connectivity index (χ2v) is 19.9. The van der Waals surface area contributed by atoms with Crippen LogP contribution in [0.5, 0.6) is 0 Å². The van der Waals surface area contributed by atoms with E-state index in [2.05, 4.69) is 63.3 Å². The lowest BCUT2D eigenvalue weighted by atomic mass is 10.0. The Morgan fingerprint density at radius 3 is 0.897 bits per heavy atom. The maximum absolute atomic E-state index is 12.8. The van der Waals surface area contributed by atoms with Gasteiger partial charge in [-0.15, -0.1) is 0 Å². The molecule has 0 bridgehead atoms. The predicted octanol–water partition coefficient (Wildman–Crippen LogP) is 19.8. The molecule has 0 saturated carbocycles. The molecule has 0 fully saturated rings. The van der Waals surface area contributed by atoms with Crippen LogP contribution in [0.1, 0.15) is 310 Å². The SMILES string of the molecule is CC/C=C\C/C=C\C/C=C\C/C=C\CCC(=O)OCC(COC(=O)CCCCCCCCCCCCCCCCCCCCCCCC)OC(=O)CCCCCCCCCCCCCCCCC. The molecular weight excluding hydrogens is 841 g/mol. The number of carbonyl (C=O) groups excluding carboxylic acids is 3. The van der Waals surface area contributed by atoms with Gasteiger partial charge in [-0.25, -0.2) is 0 Å². The second-order valence-electron chi connectivity index (χ2n) is 19.9. The number of unbranched alkanes of at least 4 members (excludes halogenated alkanes) is 35. The zero-order chi connectivity index (χ0) is 49.3. The Kier molecular flexibility index (Phi) is 54.8. The number of carbonyl (C=O) groups is 3. The predicted molar refractivity (Wildman–Crippen MR) is 293 cm³/mol. The molecule has 0 aromatic heterocycles. The van der Waals surface area contributed by atoms with E-state index in [-0.39, 0.29) is 37.5 Å². The number of allylic oxidation sites excluding steroid dienone is 8. The van der Waals surface area contributed by atoms with Gasteiger partial charge >= 0.3 is 17.9 Å². The fourth-order valence-corrected chi connectivity index (χ4v) is 8.69. The number of ether oxygens (including phenoxy) is 3. The van der Waals surface area contributed by atoms with Crippen LogP contribution >= 0.6 is 0 Å². The van der Waals surface area contributed by atoms with E-state index in [1.54, 1.807) is 0 Å². The first kappa shape index (κ1) is 65.4. The van der Waals surface area contributed by atoms with Gasteiger partial charge in [-0.2, -0.15) is 0 Å². The van der Waals surface area contributed by atoms with Gasteiger partial charge < -0.3 is 14.2 Å². The van der Waals surface area contributed by atoms with Crippen LogP contribution in [0.15, 0.2) is 48.6 Å². The molecule has 0 aromatic carbocycles. The van der Waals surface area contributed by atoms with E-state index < -0.39 is 6.10 Å². The van der Waals surface area contributed by atoms with Gasteiger partial charge in [0.1, 0.15) is 13.2 Å². The van der Waals surface area contributed by atoms with Crippen LogP contribution < -0.4 is 0 Å². The van der Waals surface area contributed by atoms with E-state index in [1.807, 2.05) is 6.08 Å². The normalized spacial score (nSPS) is 12.3. The highest BCUT2D eigenvalue weighted by Gasteiger charge is 2.19. The fraction of sp³-hybridized carbons (Fsp3) is 0.823. The standard InChI is InChI=1S/C62H112O6/c1-4-7-10-13-16-19-22-25-27-28-29-30-31-32-33-35-37-40-43-46-49-52-55-61(64)67-58-59(57-66-60(63)54-51-48-45-42-39-36-24-21-18-15-12-9-6-3)68-62(65)56-53-50-47-44-41-38-34-26-23-20-17-14-11-8-5-2/h9,12,18,21,36,39,45,48,59H,4-8,10-11,13-17,19-20,22-35,37-38,40-44,46-47,49-58H2,1-3H3/b12-9-,21-18-,39-36-,48-45-. The van der Waals surface area contributed by atoms with Gasteiger partial charge in [0.15, 0.2) is 6.10 Å². The number of hydrogen-bond acceptors (Lipinski definition) is 6. The molecule has 0 N–H and O–H groups in total. The largest absolute Gasteiger partial charge is 0.462 e. The third kappa shape index (κ3) is 54.3. The van der Waals surface area contributed by atoms with Crippen LogP contribution in [0, 0.1) is 0 Å². The van der Waals surface area contributed by atoms with Crippen molar-refractivity contribution in [1.29, 1.82) is 0 Å². The highest BCUT2D eigenvalue weighted by molar-refractivity contribution is 5.71. The highest BCUT2D eigenvalue weighted by Crippen LogP contribution is 2.17. The van der Waals surface area contributed by atoms with Crippen molar-refractivity contribution in [2.24, 2.45) is 0 Å². The molecule has 1 atom stereocenters. The molecular formula is C62H112O6. The van der Waals surface area contributed by atoms with Gasteiger partial charge in [0.05, 0.1) is 0 Å². The van der Waals surface area contributed by atoms with Gasteiger partial charge in [-0.05, 0) is 44.9 Å². The summed E-state index contributed by atoms with van der Waals surface area (Å²) in [6.45, 7) is 6.51. The van der Waals surface area contributed by atoms with Crippen molar-refractivity contribution < 1.29 is 28.6 Å². The average Bonchev–Trinajstić information content (AvgIpc) is 3.34. The molecule has 0 radical (unpaired) electrons. The maximum Gasteiger partial charge on any atom is 0.306 e. The average molecular weight is 954 g/mol. The first-order chi connectivity index (χ1) is 33.5. The van der Waals surface area contributed by atoms with E-state index >= 15 is 0 Å². The molecule has 0 aromatic rings. The highest BCUT2D eigenvalue weighted by atomic mass is 16.6. The molecule has 0 aliphatic heterocycles. The first-order valence-corrected chi connectivity index (χ1v) is 29.6. The van der Waals surface area contributed by atoms with E-state index in [1.165, 1.54) is 199 Å². The van der Waals surface area contributed by atoms with Crippen LogP contribution in [-0.4, -0.2) is 37.2 Å². The number of esters is 3. The summed E-state index contributed by atoms with van der Waals surface area (Å²) in [7, 11) is 0. The smallest absolute Gasteiger partial charge is 0.306 e. The molecule has 1 unspecified atom stereocenters. The minimum atomic E-state index is -0.798. The Hall–Kier alpha value is -2.63. The van der Waals surface area contributed by atoms with Crippen molar-refractivity contribution in [2.45, 2.75) is 316 Å². The molecule has 6 heteroatoms. The summed E-state index contributed by atoms with van der Waals surface area (Å²) in [5.74, 6) is -0.958. The molecule has 0 aliphatic rings. The Labute approximate surface area is 422 Å². The van der Waals surface area contributed by atoms with Crippen LogP contribution in [-0.2, 0) is 28.6 Å². The quantitative estimate of drug-likeness (QED) is 0.0262. The summed E-state index contributed by atoms with van der Waals surface area (Å²) in [4.78, 5) is 38.1. The molecule has 396 valence electrons. The minimum Gasteiger partial charge on any atom is -0.462 e. The second kappa shape index (κ2) is 57.0. The van der Waals surface area contributed by atoms with Crippen LogP contribution in [0.25, 0.3) is 0 Å². The van der Waals surface area contributed by atoms with Crippen molar-refractivity contribution in [3.8, 4) is 0 Å². The number of hydrogen-bond donors (Lipinski definition) is 0. The fourth-order valence-electron chi connectivity index (χ4n) is 8.69. The lowest BCUT2D eigenvalue weighted by Crippen LogP contribution is -2.30. The van der Waals surface area contributed by atoms with Crippen LogP contribution in [0.4, 0.5) is 0 Å². The zero-order valence-electron chi connectivity index (χ0n) is 45.4. The van der Waals surface area contributed by atoms with Crippen LogP contribution in [0.3, 0.4) is 0 Å². The molecule has 68 heavy (non-hydrogen) atoms. The van der Waals surface area contributed by atoms with Crippen LogP contribution in [0.2, 0.25) is 0 Å². The summed E-state index contributed by atoms with van der Waals surface area (Å²) < 4.78 is 16.8. The Balaban J connectivity index is 4.31. The summed E-state index contributed by atoms with van der Waals surface area (Å²) >= 11 is 0. The topological polar surface area (TPSA) is 78.9 Å². The van der Waals surface area contributed by atoms with Gasteiger partial charge in [-0.3, -0.25) is 14.4 Å². The van der Waals surface area contributed by atoms with E-state index in [0.29, 0.717) is 19.3 Å². The van der Waals surface area contributed by atoms with E-state index in [0.717, 1.165) is 64.2 Å². The molecule has 0 spiro atoms. The maximum atomic E-state index is 12.8. The summed E-state index contributed by atoms with van der Waals surface area (Å²) in [6, 6.07) is 0. The van der Waals surface area contributed by atoms with E-state index in [4.69, 9.17) is 14.2 Å². The lowest BCUT2D eigenvalue weighted by Gasteiger charge is -2.18. The number of rotatable bonds is 54. The molecule has 6 nitrogen and oxygen atoms in total. The molecule has 0 rings (SSSR count). The third-order valence-electron chi connectivity index (χ3n) is 13.1. The van der Waals surface area contributed by atoms with Crippen molar-refractivity contribution in [2.75, 3.05) is 13.2 Å². The molecule has 0 amide bonds. The Morgan fingerprint density at radius 1 is 0.309 bits per heavy atom. The van der Waals surface area contributed by atoms with Gasteiger partial charge in [-0.1, -0.05) is 294 Å². The molecule has 0 saturated heterocycles. The monoisotopic (exact) mass is 953 g/mol. The third-order valence-corrected chi connectivity index (χ3v) is 13.1. The first-order valence-electron chi connectivity index (χ1n) is 29.6. The Morgan fingerprint density at radius 2 is 0.574 bits per heavy atom. The summed E-state index contributed by atoms with van der Waals surface area (Å²) in [5, 5.41) is 0. The van der Waals surface area contributed by atoms with Crippen molar-refractivity contribution in [1.82, 2.24) is 0 Å². The van der Waals surface area contributed by atoms with Crippen molar-refractivity contribution in [3.05, 3.63) is 48.6 Å². The van der Waals surface area contributed by atoms with Gasteiger partial charge in [0.25, 0.3) is 0 Å². The van der Waals surface area contributed by atoms with Crippen molar-refractivity contribution in [3.63, 3.8) is 0 Å². The molecule has 0 aliphatic carbocycles. The zero-order valence-corrected chi connectivity index (χ0v) is 45.4. The lowest BCUT2D eigenvalue weighted by molar-refractivity contribution is -0.166. The van der Waals surface area contributed by atoms with Gasteiger partial charge in [0.2, 0.25) is 0 Å². The van der Waals surface area contributed by atoms with E-state index in [9.17, 15) is 14.4 Å². The molecule has 0 heterocycles. The summed E-state index contributed by atoms with van der Waals surface area (Å²) in [6.07, 6.45) is 69.9. The summed E-state index contributed by atoms with van der Waals surface area (Å²) in [5.41, 5.74) is 0. The van der Waals surface area contributed by atoms with Crippen molar-refractivity contribution >= 4 is 17.9 Å². The Bertz CT molecular complexity index is 1190. The van der Waals surface area contributed by atoms with Gasteiger partial charge in [0, 0.05) is 19.3 Å². The minimum absolute atomic E-state index is 0.0904.